The smallest absolute Gasteiger partial charge is 0.223 e. The second kappa shape index (κ2) is 8.17. The van der Waals surface area contributed by atoms with Crippen LogP contribution in [0.2, 0.25) is 0 Å². The topological polar surface area (TPSA) is 40.5 Å². The molecular formula is C14H20FNO2S. The van der Waals surface area contributed by atoms with Crippen molar-refractivity contribution < 1.29 is 14.3 Å². The molecule has 1 rings (SSSR count). The number of benzene rings is 1. The van der Waals surface area contributed by atoms with Crippen LogP contribution in [-0.2, 0) is 4.79 Å². The van der Waals surface area contributed by atoms with Gasteiger partial charge in [-0.3, -0.25) is 4.79 Å². The zero-order valence-corrected chi connectivity index (χ0v) is 12.1. The largest absolute Gasteiger partial charge is 0.395 e. The monoisotopic (exact) mass is 285 g/mol. The lowest BCUT2D eigenvalue weighted by Crippen LogP contribution is -2.39. The summed E-state index contributed by atoms with van der Waals surface area (Å²) in [5.41, 5.74) is 0. The predicted octanol–water partition coefficient (Wildman–Crippen LogP) is 2.54. The van der Waals surface area contributed by atoms with Gasteiger partial charge in [0.25, 0.3) is 0 Å². The van der Waals surface area contributed by atoms with E-state index in [1.54, 1.807) is 17.0 Å². The number of hydrogen-bond donors (Lipinski definition) is 1. The first-order chi connectivity index (χ1) is 9.04. The summed E-state index contributed by atoms with van der Waals surface area (Å²) in [5, 5.41) is 8.93. The van der Waals surface area contributed by atoms with E-state index in [1.165, 1.54) is 23.9 Å². The minimum Gasteiger partial charge on any atom is -0.395 e. The standard InChI is InChI=1S/C14H20FNO2S/c1-11(2)16(8-9-17)14(18)7-10-19-13-5-3-12(15)4-6-13/h3-6,11,17H,7-10H2,1-2H3. The third kappa shape index (κ3) is 5.61. The third-order valence-corrected chi connectivity index (χ3v) is 3.70. The summed E-state index contributed by atoms with van der Waals surface area (Å²) in [6.45, 7) is 4.22. The highest BCUT2D eigenvalue weighted by atomic mass is 32.2. The van der Waals surface area contributed by atoms with Crippen LogP contribution in [0.5, 0.6) is 0 Å². The van der Waals surface area contributed by atoms with E-state index in [4.69, 9.17) is 5.11 Å². The lowest BCUT2D eigenvalue weighted by Gasteiger charge is -2.25. The summed E-state index contributed by atoms with van der Waals surface area (Å²) < 4.78 is 12.7. The molecule has 0 spiro atoms. The summed E-state index contributed by atoms with van der Waals surface area (Å²) in [7, 11) is 0. The van der Waals surface area contributed by atoms with Crippen LogP contribution in [0.15, 0.2) is 29.2 Å². The van der Waals surface area contributed by atoms with Gasteiger partial charge in [-0.25, -0.2) is 4.39 Å². The maximum Gasteiger partial charge on any atom is 0.223 e. The number of halogens is 1. The van der Waals surface area contributed by atoms with E-state index in [0.717, 1.165) is 4.90 Å². The molecule has 0 aliphatic rings. The lowest BCUT2D eigenvalue weighted by molar-refractivity contribution is -0.132. The maximum absolute atomic E-state index is 12.7. The van der Waals surface area contributed by atoms with Gasteiger partial charge in [-0.15, -0.1) is 11.8 Å². The van der Waals surface area contributed by atoms with Gasteiger partial charge in [0.1, 0.15) is 5.82 Å². The second-order valence-corrected chi connectivity index (χ2v) is 5.63. The molecule has 1 N–H and O–H groups in total. The Labute approximate surface area is 117 Å². The Morgan fingerprint density at radius 2 is 2.00 bits per heavy atom. The van der Waals surface area contributed by atoms with Crippen molar-refractivity contribution in [3.05, 3.63) is 30.1 Å². The average Bonchev–Trinajstić information content (AvgIpc) is 2.37. The fourth-order valence-corrected chi connectivity index (χ4v) is 2.55. The van der Waals surface area contributed by atoms with E-state index in [0.29, 0.717) is 18.7 Å². The van der Waals surface area contributed by atoms with Gasteiger partial charge in [-0.05, 0) is 38.1 Å². The van der Waals surface area contributed by atoms with Crippen LogP contribution in [-0.4, -0.2) is 40.9 Å². The maximum atomic E-state index is 12.7. The van der Waals surface area contributed by atoms with Crippen LogP contribution in [0, 0.1) is 5.82 Å². The fraction of sp³-hybridized carbons (Fsp3) is 0.500. The summed E-state index contributed by atoms with van der Waals surface area (Å²) in [5.74, 6) is 0.437. The Kier molecular flexibility index (Phi) is 6.87. The minimum absolute atomic E-state index is 0.0188. The van der Waals surface area contributed by atoms with Crippen molar-refractivity contribution >= 4 is 17.7 Å². The normalized spacial score (nSPS) is 10.8. The molecule has 0 aliphatic heterocycles. The fourth-order valence-electron chi connectivity index (χ4n) is 1.71. The first-order valence-corrected chi connectivity index (χ1v) is 7.32. The minimum atomic E-state index is -0.255. The van der Waals surface area contributed by atoms with Crippen molar-refractivity contribution in [3.8, 4) is 0 Å². The van der Waals surface area contributed by atoms with E-state index in [1.807, 2.05) is 13.8 Å². The van der Waals surface area contributed by atoms with Crippen LogP contribution >= 0.6 is 11.8 Å². The molecule has 0 fully saturated rings. The van der Waals surface area contributed by atoms with Crippen molar-refractivity contribution in [2.75, 3.05) is 18.9 Å². The Morgan fingerprint density at radius 1 is 1.37 bits per heavy atom. The Balaban J connectivity index is 2.39. The molecule has 0 radical (unpaired) electrons. The molecule has 1 aromatic rings. The predicted molar refractivity (Wildman–Crippen MR) is 75.7 cm³/mol. The molecule has 106 valence electrons. The molecule has 19 heavy (non-hydrogen) atoms. The van der Waals surface area contributed by atoms with Gasteiger partial charge >= 0.3 is 0 Å². The van der Waals surface area contributed by atoms with Crippen molar-refractivity contribution in [1.82, 2.24) is 4.90 Å². The van der Waals surface area contributed by atoms with Gasteiger partial charge in [0.15, 0.2) is 0 Å². The number of rotatable bonds is 7. The molecule has 1 amide bonds. The van der Waals surface area contributed by atoms with E-state index in [9.17, 15) is 9.18 Å². The number of nitrogens with zero attached hydrogens (tertiary/aromatic N) is 1. The number of carbonyl (C=O) groups excluding carboxylic acids is 1. The van der Waals surface area contributed by atoms with Crippen LogP contribution in [0.1, 0.15) is 20.3 Å². The zero-order valence-electron chi connectivity index (χ0n) is 11.3. The number of aliphatic hydroxyl groups excluding tert-OH is 1. The quantitative estimate of drug-likeness (QED) is 0.783. The summed E-state index contributed by atoms with van der Waals surface area (Å²) in [6, 6.07) is 6.33. The highest BCUT2D eigenvalue weighted by Gasteiger charge is 2.15. The first kappa shape index (κ1) is 16.0. The van der Waals surface area contributed by atoms with Crippen molar-refractivity contribution in [3.63, 3.8) is 0 Å². The summed E-state index contributed by atoms with van der Waals surface area (Å²) in [6.07, 6.45) is 0.417. The number of carbonyl (C=O) groups is 1. The first-order valence-electron chi connectivity index (χ1n) is 6.33. The molecule has 0 aliphatic carbocycles. The molecule has 0 saturated heterocycles. The number of aliphatic hydroxyl groups is 1. The van der Waals surface area contributed by atoms with Crippen molar-refractivity contribution in [2.45, 2.75) is 31.2 Å². The van der Waals surface area contributed by atoms with E-state index < -0.39 is 0 Å². The number of amides is 1. The number of thioether (sulfide) groups is 1. The zero-order chi connectivity index (χ0) is 14.3. The Hall–Kier alpha value is -1.07. The Morgan fingerprint density at radius 3 is 2.53 bits per heavy atom. The molecule has 0 aromatic heterocycles. The average molecular weight is 285 g/mol. The highest BCUT2D eigenvalue weighted by Crippen LogP contribution is 2.19. The molecule has 0 bridgehead atoms. The van der Waals surface area contributed by atoms with Gasteiger partial charge in [-0.1, -0.05) is 0 Å². The molecule has 0 atom stereocenters. The van der Waals surface area contributed by atoms with Crippen molar-refractivity contribution in [2.24, 2.45) is 0 Å². The van der Waals surface area contributed by atoms with E-state index in [-0.39, 0.29) is 24.4 Å². The van der Waals surface area contributed by atoms with Gasteiger partial charge < -0.3 is 10.0 Å². The van der Waals surface area contributed by atoms with Gasteiger partial charge in [0.05, 0.1) is 6.61 Å². The van der Waals surface area contributed by atoms with Crippen molar-refractivity contribution in [1.29, 1.82) is 0 Å². The van der Waals surface area contributed by atoms with Crippen LogP contribution in [0.25, 0.3) is 0 Å². The third-order valence-electron chi connectivity index (χ3n) is 2.68. The van der Waals surface area contributed by atoms with Gasteiger partial charge in [-0.2, -0.15) is 0 Å². The molecular weight excluding hydrogens is 265 g/mol. The Bertz CT molecular complexity index is 395. The van der Waals surface area contributed by atoms with Crippen LogP contribution in [0.3, 0.4) is 0 Å². The lowest BCUT2D eigenvalue weighted by atomic mass is 10.3. The summed E-state index contributed by atoms with van der Waals surface area (Å²) >= 11 is 1.53. The van der Waals surface area contributed by atoms with Crippen LogP contribution in [0.4, 0.5) is 4.39 Å². The molecule has 3 nitrogen and oxygen atoms in total. The molecule has 5 heteroatoms. The second-order valence-electron chi connectivity index (χ2n) is 4.46. The molecule has 1 aromatic carbocycles. The molecule has 0 saturated carbocycles. The van der Waals surface area contributed by atoms with E-state index >= 15 is 0 Å². The van der Waals surface area contributed by atoms with Gasteiger partial charge in [0.2, 0.25) is 5.91 Å². The number of hydrogen-bond acceptors (Lipinski definition) is 3. The van der Waals surface area contributed by atoms with Gasteiger partial charge in [0, 0.05) is 29.7 Å². The SMILES string of the molecule is CC(C)N(CCO)C(=O)CCSc1ccc(F)cc1. The van der Waals surface area contributed by atoms with Crippen LogP contribution < -0.4 is 0 Å². The van der Waals surface area contributed by atoms with E-state index in [2.05, 4.69) is 0 Å². The molecule has 0 heterocycles. The summed E-state index contributed by atoms with van der Waals surface area (Å²) in [4.78, 5) is 14.6. The molecule has 0 unspecified atom stereocenters. The highest BCUT2D eigenvalue weighted by molar-refractivity contribution is 7.99.